The first-order chi connectivity index (χ1) is 16.7. The lowest BCUT2D eigenvalue weighted by molar-refractivity contribution is -0.141. The molecule has 0 bridgehead atoms. The van der Waals surface area contributed by atoms with Crippen molar-refractivity contribution in [2.75, 3.05) is 0 Å². The van der Waals surface area contributed by atoms with Crippen LogP contribution >= 0.6 is 0 Å². The maximum Gasteiger partial charge on any atom is 0.433 e. The van der Waals surface area contributed by atoms with Gasteiger partial charge in [-0.1, -0.05) is 6.07 Å². The molecule has 1 fully saturated rings. The van der Waals surface area contributed by atoms with Crippen molar-refractivity contribution in [3.8, 4) is 6.07 Å². The van der Waals surface area contributed by atoms with E-state index in [1.165, 1.54) is 10.7 Å². The predicted octanol–water partition coefficient (Wildman–Crippen LogP) is 3.60. The van der Waals surface area contributed by atoms with E-state index >= 15 is 0 Å². The first-order valence-corrected chi connectivity index (χ1v) is 10.6. The summed E-state index contributed by atoms with van der Waals surface area (Å²) in [4.78, 5) is 31.8. The lowest BCUT2D eigenvalue weighted by Gasteiger charge is -2.34. The van der Waals surface area contributed by atoms with Gasteiger partial charge in [0.05, 0.1) is 18.4 Å². The third-order valence-electron chi connectivity index (χ3n) is 6.21. The molecule has 3 atom stereocenters. The number of fused-ring (bicyclic) bond motifs is 1. The molecule has 1 saturated carbocycles. The molecule has 0 spiro atoms. The first-order valence-electron chi connectivity index (χ1n) is 10.6. The molecule has 0 saturated heterocycles. The Morgan fingerprint density at radius 2 is 1.86 bits per heavy atom. The molecule has 9 nitrogen and oxygen atoms in total. The van der Waals surface area contributed by atoms with Gasteiger partial charge in [-0.15, -0.1) is 0 Å². The van der Waals surface area contributed by atoms with Crippen LogP contribution in [0.25, 0.3) is 11.0 Å². The molecule has 178 valence electrons. The Bertz CT molecular complexity index is 1500. The van der Waals surface area contributed by atoms with E-state index in [4.69, 9.17) is 0 Å². The second-order valence-corrected chi connectivity index (χ2v) is 8.26. The van der Waals surface area contributed by atoms with Crippen molar-refractivity contribution in [3.05, 3.63) is 75.5 Å². The summed E-state index contributed by atoms with van der Waals surface area (Å²) in [6, 6.07) is 3.32. The minimum absolute atomic E-state index is 0.0168. The predicted molar refractivity (Wildman–Crippen MR) is 113 cm³/mol. The van der Waals surface area contributed by atoms with E-state index in [1.54, 1.807) is 6.92 Å². The zero-order valence-corrected chi connectivity index (χ0v) is 18.1. The van der Waals surface area contributed by atoms with Crippen LogP contribution in [-0.2, 0) is 6.18 Å². The molecule has 4 aromatic rings. The molecule has 0 aliphatic heterocycles. The van der Waals surface area contributed by atoms with Gasteiger partial charge >= 0.3 is 6.18 Å². The summed E-state index contributed by atoms with van der Waals surface area (Å²) in [6.45, 7) is 1.65. The summed E-state index contributed by atoms with van der Waals surface area (Å²) >= 11 is 0. The molecular formula is C22H16F4N8O. The van der Waals surface area contributed by atoms with Gasteiger partial charge in [0, 0.05) is 18.0 Å². The largest absolute Gasteiger partial charge is 0.433 e. The normalized spacial score (nSPS) is 18.7. The number of rotatable bonds is 4. The van der Waals surface area contributed by atoms with E-state index in [9.17, 15) is 27.6 Å². The Hall–Kier alpha value is -4.21. The van der Waals surface area contributed by atoms with Crippen LogP contribution < -0.4 is 5.56 Å². The number of alkyl halides is 3. The smallest absolute Gasteiger partial charge is 0.310 e. The molecule has 35 heavy (non-hydrogen) atoms. The highest BCUT2D eigenvalue weighted by Crippen LogP contribution is 2.46. The van der Waals surface area contributed by atoms with Gasteiger partial charge < -0.3 is 4.98 Å². The second kappa shape index (κ2) is 8.23. The van der Waals surface area contributed by atoms with E-state index in [2.05, 4.69) is 30.0 Å². The third-order valence-corrected chi connectivity index (χ3v) is 6.21. The van der Waals surface area contributed by atoms with Crippen molar-refractivity contribution >= 4 is 11.0 Å². The van der Waals surface area contributed by atoms with Crippen LogP contribution in [0.15, 0.2) is 35.5 Å². The van der Waals surface area contributed by atoms with Crippen LogP contribution in [0.5, 0.6) is 0 Å². The fourth-order valence-electron chi connectivity index (χ4n) is 4.20. The quantitative estimate of drug-likeness (QED) is 0.439. The summed E-state index contributed by atoms with van der Waals surface area (Å²) < 4.78 is 53.2. The molecule has 13 heteroatoms. The summed E-state index contributed by atoms with van der Waals surface area (Å²) in [5, 5.41) is 13.7. The van der Waals surface area contributed by atoms with Crippen molar-refractivity contribution in [1.82, 2.24) is 34.7 Å². The molecule has 1 aliphatic rings. The minimum atomic E-state index is -4.58. The third kappa shape index (κ3) is 3.90. The number of aromatic nitrogens is 7. The van der Waals surface area contributed by atoms with Crippen LogP contribution in [-0.4, -0.2) is 34.7 Å². The number of halogens is 4. The first kappa shape index (κ1) is 22.6. The Kier molecular flexibility index (Phi) is 5.31. The van der Waals surface area contributed by atoms with Gasteiger partial charge in [-0.2, -0.15) is 23.5 Å². The summed E-state index contributed by atoms with van der Waals surface area (Å²) in [5.74, 6) is -0.206. The van der Waals surface area contributed by atoms with E-state index < -0.39 is 29.3 Å². The molecule has 5 rings (SSSR count). The lowest BCUT2D eigenvalue weighted by atomic mass is 9.72. The second-order valence-electron chi connectivity index (χ2n) is 8.26. The highest BCUT2D eigenvalue weighted by Gasteiger charge is 2.38. The van der Waals surface area contributed by atoms with Gasteiger partial charge in [0.25, 0.3) is 5.56 Å². The summed E-state index contributed by atoms with van der Waals surface area (Å²) in [5.41, 5.74) is -1.24. The van der Waals surface area contributed by atoms with Crippen molar-refractivity contribution in [3.63, 3.8) is 0 Å². The standard InChI is InChI=1S/C22H16F4N8O/c1-10(11-2-5-16(28-7-11)22(24,25)26)34-20-17(15(6-27)33-34)21(35)32-19(31-20)14-4-3-13(14)18-29-8-12(23)9-30-18/h2,5,7-10,13-14H,3-4H2,1H3,(H,31,32,35). The molecule has 0 amide bonds. The average Bonchev–Trinajstić information content (AvgIpc) is 3.18. The Morgan fingerprint density at radius 1 is 1.14 bits per heavy atom. The van der Waals surface area contributed by atoms with Crippen LogP contribution in [0, 0.1) is 17.1 Å². The maximum atomic E-state index is 13.2. The number of aromatic amines is 1. The molecular weight excluding hydrogens is 468 g/mol. The number of nitrogens with one attached hydrogen (secondary N) is 1. The average molecular weight is 484 g/mol. The molecule has 4 aromatic heterocycles. The van der Waals surface area contributed by atoms with E-state index in [-0.39, 0.29) is 28.6 Å². The Balaban J connectivity index is 1.56. The van der Waals surface area contributed by atoms with Crippen molar-refractivity contribution in [2.24, 2.45) is 0 Å². The highest BCUT2D eigenvalue weighted by atomic mass is 19.4. The number of pyridine rings is 1. The van der Waals surface area contributed by atoms with Crippen LogP contribution in [0.2, 0.25) is 0 Å². The number of hydrogen-bond acceptors (Lipinski definition) is 7. The molecule has 1 N–H and O–H groups in total. The van der Waals surface area contributed by atoms with Crippen LogP contribution in [0.1, 0.15) is 66.2 Å². The summed E-state index contributed by atoms with van der Waals surface area (Å²) in [7, 11) is 0. The van der Waals surface area contributed by atoms with E-state index in [0.29, 0.717) is 30.1 Å². The van der Waals surface area contributed by atoms with Crippen LogP contribution in [0.3, 0.4) is 0 Å². The number of nitrogens with zero attached hydrogens (tertiary/aromatic N) is 7. The zero-order valence-electron chi connectivity index (χ0n) is 18.1. The molecule has 0 aromatic carbocycles. The SMILES string of the molecule is CC(c1ccc(C(F)(F)F)nc1)n1nc(C#N)c2c(=O)[nH]c(C3CCC3c3ncc(F)cn3)nc21. The number of nitriles is 1. The van der Waals surface area contributed by atoms with Gasteiger partial charge in [-0.3, -0.25) is 9.78 Å². The molecule has 1 aliphatic carbocycles. The van der Waals surface area contributed by atoms with Crippen molar-refractivity contribution < 1.29 is 17.6 Å². The van der Waals surface area contributed by atoms with Crippen molar-refractivity contribution in [1.29, 1.82) is 5.26 Å². The van der Waals surface area contributed by atoms with E-state index in [1.807, 2.05) is 6.07 Å². The van der Waals surface area contributed by atoms with Gasteiger partial charge in [-0.25, -0.2) is 24.0 Å². The van der Waals surface area contributed by atoms with Gasteiger partial charge in [0.15, 0.2) is 17.2 Å². The number of hydrogen-bond donors (Lipinski definition) is 1. The Morgan fingerprint density at radius 3 is 2.43 bits per heavy atom. The monoisotopic (exact) mass is 484 g/mol. The van der Waals surface area contributed by atoms with Gasteiger partial charge in [-0.05, 0) is 31.4 Å². The zero-order chi connectivity index (χ0) is 24.9. The molecule has 3 unspecified atom stereocenters. The van der Waals surface area contributed by atoms with Gasteiger partial charge in [0.2, 0.25) is 0 Å². The minimum Gasteiger partial charge on any atom is -0.310 e. The molecule has 0 radical (unpaired) electrons. The topological polar surface area (TPSA) is 126 Å². The van der Waals surface area contributed by atoms with Crippen LogP contribution in [0.4, 0.5) is 17.6 Å². The fourth-order valence-corrected chi connectivity index (χ4v) is 4.20. The van der Waals surface area contributed by atoms with E-state index in [0.717, 1.165) is 24.7 Å². The van der Waals surface area contributed by atoms with Crippen molar-refractivity contribution in [2.45, 2.75) is 43.8 Å². The van der Waals surface area contributed by atoms with Gasteiger partial charge in [0.1, 0.15) is 28.8 Å². The molecule has 4 heterocycles. The maximum absolute atomic E-state index is 13.2. The summed E-state index contributed by atoms with van der Waals surface area (Å²) in [6.07, 6.45) is 0.0442. The highest BCUT2D eigenvalue weighted by molar-refractivity contribution is 5.80. The lowest BCUT2D eigenvalue weighted by Crippen LogP contribution is -2.28. The number of H-pyrrole nitrogens is 1. The Labute approximate surface area is 194 Å². The fraction of sp³-hybridized carbons (Fsp3) is 0.318.